The third kappa shape index (κ3) is 2.61. The minimum Gasteiger partial charge on any atom is -0.349 e. The number of anilines is 2. The molecule has 1 amide bonds. The molecular weight excluding hydrogens is 328 g/mol. The third-order valence-electron chi connectivity index (χ3n) is 3.97. The molecule has 0 bridgehead atoms. The highest BCUT2D eigenvalue weighted by atomic mass is 32.1. The Labute approximate surface area is 143 Å². The second kappa shape index (κ2) is 5.64. The highest BCUT2D eigenvalue weighted by Crippen LogP contribution is 2.43. The molecule has 2 aromatic rings. The molecule has 0 fully saturated rings. The predicted octanol–water partition coefficient (Wildman–Crippen LogP) is 3.27. The summed E-state index contributed by atoms with van der Waals surface area (Å²) in [6.07, 6.45) is 1.48. The van der Waals surface area contributed by atoms with Crippen molar-refractivity contribution < 1.29 is 9.72 Å². The monoisotopic (exact) mass is 342 g/mol. The van der Waals surface area contributed by atoms with Crippen LogP contribution in [0.15, 0.2) is 36.5 Å². The first kappa shape index (κ1) is 16.0. The van der Waals surface area contributed by atoms with E-state index in [1.807, 2.05) is 13.8 Å². The van der Waals surface area contributed by atoms with Gasteiger partial charge in [-0.1, -0.05) is 18.3 Å². The summed E-state index contributed by atoms with van der Waals surface area (Å²) in [5.41, 5.74) is 0.983. The number of thiocarbonyl (C=S) groups is 1. The summed E-state index contributed by atoms with van der Waals surface area (Å²) in [7, 11) is 0. The second-order valence-electron chi connectivity index (χ2n) is 5.92. The number of carbonyl (C=O) groups is 1. The van der Waals surface area contributed by atoms with Crippen LogP contribution in [0, 0.1) is 10.1 Å². The quantitative estimate of drug-likeness (QED) is 0.505. The average molecular weight is 342 g/mol. The first-order chi connectivity index (χ1) is 11.3. The van der Waals surface area contributed by atoms with E-state index in [4.69, 9.17) is 12.2 Å². The van der Waals surface area contributed by atoms with Gasteiger partial charge in [0.25, 0.3) is 11.6 Å². The zero-order valence-electron chi connectivity index (χ0n) is 13.0. The summed E-state index contributed by atoms with van der Waals surface area (Å²) in [5.74, 6) is -0.515. The Morgan fingerprint density at radius 3 is 2.75 bits per heavy atom. The highest BCUT2D eigenvalue weighted by molar-refractivity contribution is 7.80. The predicted molar refractivity (Wildman–Crippen MR) is 94.5 cm³/mol. The summed E-state index contributed by atoms with van der Waals surface area (Å²) in [4.78, 5) is 27.7. The van der Waals surface area contributed by atoms with Crippen molar-refractivity contribution in [1.82, 2.24) is 4.98 Å². The van der Waals surface area contributed by atoms with Gasteiger partial charge in [0, 0.05) is 23.4 Å². The van der Waals surface area contributed by atoms with E-state index in [0.717, 1.165) is 5.56 Å². The molecule has 0 aliphatic carbocycles. The molecular formula is C16H14N4O3S. The number of nitro groups is 1. The molecule has 2 heterocycles. The molecule has 122 valence electrons. The van der Waals surface area contributed by atoms with Gasteiger partial charge in [-0.3, -0.25) is 19.9 Å². The standard InChI is InChI=1S/C16H14N4O3S/c1-16(2)9-7-13(20(22)23)12(8-11(9)19-15(16)24)18-14(21)10-5-3-4-6-17-10/h3-8H,1-2H3,(H,18,21)(H,19,24). The summed E-state index contributed by atoms with van der Waals surface area (Å²) in [6, 6.07) is 7.87. The van der Waals surface area contributed by atoms with Crippen molar-refractivity contribution in [2.24, 2.45) is 0 Å². The molecule has 0 atom stereocenters. The van der Waals surface area contributed by atoms with Crippen molar-refractivity contribution in [2.75, 3.05) is 10.6 Å². The summed E-state index contributed by atoms with van der Waals surface area (Å²) < 4.78 is 0. The van der Waals surface area contributed by atoms with E-state index in [-0.39, 0.29) is 17.1 Å². The Balaban J connectivity index is 2.03. The first-order valence-electron chi connectivity index (χ1n) is 7.17. The average Bonchev–Trinajstić information content (AvgIpc) is 2.76. The number of amides is 1. The van der Waals surface area contributed by atoms with Gasteiger partial charge in [-0.2, -0.15) is 0 Å². The molecule has 7 nitrogen and oxygen atoms in total. The normalized spacial score (nSPS) is 14.7. The summed E-state index contributed by atoms with van der Waals surface area (Å²) >= 11 is 5.30. The number of pyridine rings is 1. The number of benzene rings is 1. The van der Waals surface area contributed by atoms with E-state index in [1.165, 1.54) is 24.4 Å². The molecule has 0 saturated heterocycles. The van der Waals surface area contributed by atoms with E-state index in [0.29, 0.717) is 10.7 Å². The molecule has 1 aromatic carbocycles. The van der Waals surface area contributed by atoms with Gasteiger partial charge >= 0.3 is 0 Å². The maximum Gasteiger partial charge on any atom is 0.293 e. The molecule has 0 radical (unpaired) electrons. The lowest BCUT2D eigenvalue weighted by molar-refractivity contribution is -0.384. The van der Waals surface area contributed by atoms with Crippen LogP contribution in [-0.2, 0) is 5.41 Å². The Morgan fingerprint density at radius 2 is 2.12 bits per heavy atom. The zero-order chi connectivity index (χ0) is 17.5. The molecule has 8 heteroatoms. The molecule has 0 saturated carbocycles. The van der Waals surface area contributed by atoms with Gasteiger partial charge in [0.15, 0.2) is 0 Å². The number of hydrogen-bond acceptors (Lipinski definition) is 5. The zero-order valence-corrected chi connectivity index (χ0v) is 13.8. The van der Waals surface area contributed by atoms with Gasteiger partial charge < -0.3 is 10.6 Å². The van der Waals surface area contributed by atoms with Gasteiger partial charge in [-0.15, -0.1) is 0 Å². The number of aromatic nitrogens is 1. The number of nitrogens with zero attached hydrogens (tertiary/aromatic N) is 2. The lowest BCUT2D eigenvalue weighted by atomic mass is 9.86. The van der Waals surface area contributed by atoms with E-state index >= 15 is 0 Å². The molecule has 1 aliphatic heterocycles. The van der Waals surface area contributed by atoms with Gasteiger partial charge in [-0.05, 0) is 37.6 Å². The van der Waals surface area contributed by atoms with Crippen molar-refractivity contribution >= 4 is 40.2 Å². The van der Waals surface area contributed by atoms with Gasteiger partial charge in [-0.25, -0.2) is 0 Å². The fourth-order valence-electron chi connectivity index (χ4n) is 2.54. The molecule has 3 rings (SSSR count). The fraction of sp³-hybridized carbons (Fsp3) is 0.188. The van der Waals surface area contributed by atoms with Crippen LogP contribution >= 0.6 is 12.2 Å². The Kier molecular flexibility index (Phi) is 3.76. The summed E-state index contributed by atoms with van der Waals surface area (Å²) in [5, 5.41) is 17.0. The maximum absolute atomic E-state index is 12.2. The van der Waals surface area contributed by atoms with Crippen LogP contribution in [-0.4, -0.2) is 20.8 Å². The number of hydrogen-bond donors (Lipinski definition) is 2. The van der Waals surface area contributed by atoms with Crippen LogP contribution in [0.4, 0.5) is 17.1 Å². The number of nitro benzene ring substituents is 1. The highest BCUT2D eigenvalue weighted by Gasteiger charge is 2.37. The van der Waals surface area contributed by atoms with Crippen LogP contribution in [0.1, 0.15) is 29.9 Å². The van der Waals surface area contributed by atoms with Crippen molar-refractivity contribution in [3.05, 3.63) is 57.9 Å². The van der Waals surface area contributed by atoms with Crippen LogP contribution in [0.25, 0.3) is 0 Å². The van der Waals surface area contributed by atoms with Gasteiger partial charge in [0.05, 0.1) is 9.91 Å². The first-order valence-corrected chi connectivity index (χ1v) is 7.58. The van der Waals surface area contributed by atoms with E-state index in [2.05, 4.69) is 15.6 Å². The van der Waals surface area contributed by atoms with Gasteiger partial charge in [0.2, 0.25) is 0 Å². The van der Waals surface area contributed by atoms with Crippen LogP contribution in [0.5, 0.6) is 0 Å². The summed E-state index contributed by atoms with van der Waals surface area (Å²) in [6.45, 7) is 3.79. The minimum atomic E-state index is -0.522. The molecule has 0 unspecified atom stereocenters. The van der Waals surface area contributed by atoms with Crippen LogP contribution < -0.4 is 10.6 Å². The van der Waals surface area contributed by atoms with Crippen molar-refractivity contribution in [1.29, 1.82) is 0 Å². The SMILES string of the molecule is CC1(C)C(=S)Nc2cc(NC(=O)c3ccccn3)c([N+](=O)[O-])cc21. The fourth-order valence-corrected chi connectivity index (χ4v) is 2.76. The van der Waals surface area contributed by atoms with Crippen molar-refractivity contribution in [2.45, 2.75) is 19.3 Å². The van der Waals surface area contributed by atoms with Crippen molar-refractivity contribution in [3.8, 4) is 0 Å². The van der Waals surface area contributed by atoms with Crippen LogP contribution in [0.2, 0.25) is 0 Å². The molecule has 1 aliphatic rings. The number of carbonyl (C=O) groups excluding carboxylic acids is 1. The number of fused-ring (bicyclic) bond motifs is 1. The van der Waals surface area contributed by atoms with Gasteiger partial charge in [0.1, 0.15) is 11.4 Å². The Hall–Kier alpha value is -2.87. The third-order valence-corrected chi connectivity index (χ3v) is 4.58. The maximum atomic E-state index is 12.2. The largest absolute Gasteiger partial charge is 0.349 e. The molecule has 2 N–H and O–H groups in total. The minimum absolute atomic E-state index is 0.0994. The lowest BCUT2D eigenvalue weighted by Gasteiger charge is -2.17. The number of rotatable bonds is 3. The van der Waals surface area contributed by atoms with Crippen molar-refractivity contribution in [3.63, 3.8) is 0 Å². The topological polar surface area (TPSA) is 97.2 Å². The van der Waals surface area contributed by atoms with E-state index < -0.39 is 16.2 Å². The molecule has 1 aromatic heterocycles. The number of nitrogens with one attached hydrogen (secondary N) is 2. The molecule has 0 spiro atoms. The second-order valence-corrected chi connectivity index (χ2v) is 6.33. The van der Waals surface area contributed by atoms with E-state index in [9.17, 15) is 14.9 Å². The Morgan fingerprint density at radius 1 is 1.38 bits per heavy atom. The Bertz CT molecular complexity index is 865. The smallest absolute Gasteiger partial charge is 0.293 e. The molecule has 24 heavy (non-hydrogen) atoms. The van der Waals surface area contributed by atoms with Crippen LogP contribution in [0.3, 0.4) is 0 Å². The lowest BCUT2D eigenvalue weighted by Crippen LogP contribution is -2.25. The van der Waals surface area contributed by atoms with E-state index in [1.54, 1.807) is 12.1 Å².